The monoisotopic (exact) mass is 437 g/mol. The zero-order valence-electron chi connectivity index (χ0n) is 16.1. The Hall–Kier alpha value is -3.99. The fourth-order valence-corrected chi connectivity index (χ4v) is 3.48. The number of methoxy groups -OCH3 is 1. The quantitative estimate of drug-likeness (QED) is 0.416. The minimum absolute atomic E-state index is 0.0104. The Morgan fingerprint density at radius 3 is 2.71 bits per heavy atom. The van der Waals surface area contributed by atoms with Crippen molar-refractivity contribution >= 4 is 46.0 Å². The molecule has 0 radical (unpaired) electrons. The maximum absolute atomic E-state index is 12.3. The minimum atomic E-state index is -0.508. The molecule has 0 saturated heterocycles. The van der Waals surface area contributed by atoms with Gasteiger partial charge in [0.05, 0.1) is 23.2 Å². The van der Waals surface area contributed by atoms with Gasteiger partial charge in [-0.15, -0.1) is 0 Å². The molecule has 31 heavy (non-hydrogen) atoms. The number of hydrazone groups is 1. The van der Waals surface area contributed by atoms with Crippen LogP contribution in [0.2, 0.25) is 0 Å². The first-order valence-corrected chi connectivity index (χ1v) is 9.81. The summed E-state index contributed by atoms with van der Waals surface area (Å²) in [5.41, 5.74) is 3.03. The third-order valence-electron chi connectivity index (χ3n) is 4.44. The highest BCUT2D eigenvalue weighted by Gasteiger charge is 2.32. The van der Waals surface area contributed by atoms with Crippen LogP contribution in [-0.2, 0) is 11.4 Å². The number of rotatable bonds is 6. The van der Waals surface area contributed by atoms with Gasteiger partial charge in [0.2, 0.25) is 0 Å². The number of nitro groups is 1. The van der Waals surface area contributed by atoms with E-state index in [0.29, 0.717) is 22.2 Å². The molecule has 2 aliphatic rings. The predicted octanol–water partition coefficient (Wildman–Crippen LogP) is 3.43. The number of carbonyl (C=O) groups excluding carboxylic acids is 1. The van der Waals surface area contributed by atoms with Crippen molar-refractivity contribution in [3.05, 3.63) is 69.3 Å². The van der Waals surface area contributed by atoms with Crippen LogP contribution in [0.25, 0.3) is 6.08 Å². The summed E-state index contributed by atoms with van der Waals surface area (Å²) in [7, 11) is 1.49. The van der Waals surface area contributed by atoms with Crippen LogP contribution >= 0.6 is 11.8 Å². The minimum Gasteiger partial charge on any atom is -0.493 e. The number of ether oxygens (including phenoxy) is 2. The van der Waals surface area contributed by atoms with Crippen LogP contribution < -0.4 is 9.47 Å². The Kier molecular flexibility index (Phi) is 5.50. The molecule has 4 rings (SSSR count). The number of hydrogen-bond donors (Lipinski definition) is 1. The molecule has 0 aromatic heterocycles. The Labute approximate surface area is 180 Å². The summed E-state index contributed by atoms with van der Waals surface area (Å²) in [6.45, 7) is 0.194. The van der Waals surface area contributed by atoms with E-state index in [0.717, 1.165) is 5.56 Å². The second-order valence-corrected chi connectivity index (χ2v) is 7.19. The van der Waals surface area contributed by atoms with E-state index in [1.54, 1.807) is 36.4 Å². The number of thioether (sulfide) groups is 1. The van der Waals surface area contributed by atoms with Crippen LogP contribution in [0, 0.1) is 15.5 Å². The van der Waals surface area contributed by atoms with E-state index in [1.807, 2.05) is 0 Å². The van der Waals surface area contributed by atoms with Crippen LogP contribution in [0.5, 0.6) is 11.5 Å². The van der Waals surface area contributed by atoms with E-state index >= 15 is 0 Å². The summed E-state index contributed by atoms with van der Waals surface area (Å²) in [6, 6.07) is 11.2. The van der Waals surface area contributed by atoms with Gasteiger partial charge in [-0.1, -0.05) is 6.07 Å². The molecule has 0 bridgehead atoms. The van der Waals surface area contributed by atoms with E-state index in [4.69, 9.17) is 14.9 Å². The fraction of sp³-hybridized carbons (Fsp3) is 0.100. The van der Waals surface area contributed by atoms with Crippen molar-refractivity contribution in [2.45, 2.75) is 6.61 Å². The summed E-state index contributed by atoms with van der Waals surface area (Å²) >= 11 is 1.18. The second-order valence-electron chi connectivity index (χ2n) is 6.38. The normalized spacial score (nSPS) is 16.4. The molecule has 2 aromatic carbocycles. The number of hydrogen-bond acceptors (Lipinski definition) is 8. The van der Waals surface area contributed by atoms with Gasteiger partial charge in [-0.25, -0.2) is 0 Å². The summed E-state index contributed by atoms with van der Waals surface area (Å²) in [6.07, 6.45) is 1.55. The Morgan fingerprint density at radius 2 is 2.00 bits per heavy atom. The molecule has 2 heterocycles. The first-order valence-electron chi connectivity index (χ1n) is 8.93. The molecule has 0 unspecified atom stereocenters. The van der Waals surface area contributed by atoms with E-state index in [-0.39, 0.29) is 23.7 Å². The molecule has 1 amide bonds. The smallest absolute Gasteiger partial charge is 0.283 e. The number of amides is 1. The van der Waals surface area contributed by atoms with Crippen molar-refractivity contribution in [3.8, 4) is 11.5 Å². The van der Waals surface area contributed by atoms with Crippen LogP contribution in [0.3, 0.4) is 0 Å². The molecule has 2 aliphatic heterocycles. The van der Waals surface area contributed by atoms with E-state index in [1.165, 1.54) is 41.6 Å². The maximum Gasteiger partial charge on any atom is 0.283 e. The Balaban J connectivity index is 1.52. The number of fused-ring (bicyclic) bond motifs is 1. The highest BCUT2D eigenvalue weighted by atomic mass is 32.2. The molecule has 0 spiro atoms. The van der Waals surface area contributed by atoms with Gasteiger partial charge in [-0.05, 0) is 53.2 Å². The molecule has 11 heteroatoms. The van der Waals surface area contributed by atoms with Gasteiger partial charge in [0.1, 0.15) is 6.61 Å². The molecule has 0 saturated carbocycles. The third-order valence-corrected chi connectivity index (χ3v) is 5.11. The fourth-order valence-electron chi connectivity index (χ4n) is 2.87. The van der Waals surface area contributed by atoms with Gasteiger partial charge in [0.15, 0.2) is 22.5 Å². The standard InChI is InChI=1S/C20H15N5O5S/c1-29-17-9-13(8-15-18(21)24-20(23-19(15)26)31-11-22-24)4-7-16(17)30-10-12-2-5-14(6-3-12)25(27)28/h2-9,11,21H,10H2,1H3/b15-8+,21-18?. The van der Waals surface area contributed by atoms with Crippen molar-refractivity contribution in [1.82, 2.24) is 5.01 Å². The largest absolute Gasteiger partial charge is 0.493 e. The number of nitrogens with zero attached hydrogens (tertiary/aromatic N) is 4. The number of nitrogens with one attached hydrogen (secondary N) is 1. The zero-order chi connectivity index (χ0) is 22.0. The molecule has 156 valence electrons. The lowest BCUT2D eigenvalue weighted by Crippen LogP contribution is -2.35. The molecule has 10 nitrogen and oxygen atoms in total. The maximum atomic E-state index is 12.3. The first-order chi connectivity index (χ1) is 15.0. The van der Waals surface area contributed by atoms with Gasteiger partial charge in [0, 0.05) is 12.1 Å². The number of amidine groups is 2. The highest BCUT2D eigenvalue weighted by Crippen LogP contribution is 2.31. The number of non-ortho nitro benzene ring substituents is 1. The molecule has 0 fully saturated rings. The summed E-state index contributed by atoms with van der Waals surface area (Å²) in [5, 5.41) is 24.7. The number of carbonyl (C=O) groups is 1. The molecule has 0 atom stereocenters. The molecular formula is C20H15N5O5S. The summed E-state index contributed by atoms with van der Waals surface area (Å²) in [4.78, 5) is 26.5. The van der Waals surface area contributed by atoms with Gasteiger partial charge in [0.25, 0.3) is 11.6 Å². The third kappa shape index (κ3) is 4.16. The van der Waals surface area contributed by atoms with Crippen LogP contribution in [0.1, 0.15) is 11.1 Å². The van der Waals surface area contributed by atoms with E-state index in [2.05, 4.69) is 10.1 Å². The van der Waals surface area contributed by atoms with Crippen molar-refractivity contribution in [1.29, 1.82) is 5.41 Å². The topological polar surface area (TPSA) is 130 Å². The summed E-state index contributed by atoms with van der Waals surface area (Å²) < 4.78 is 11.2. The SMILES string of the molecule is COc1cc(/C=C2\C(=N)N3N=CSC3=NC2=O)ccc1OCc1ccc([N+](=O)[O-])cc1. The van der Waals surface area contributed by atoms with Gasteiger partial charge < -0.3 is 9.47 Å². The average molecular weight is 437 g/mol. The number of benzene rings is 2. The van der Waals surface area contributed by atoms with Crippen LogP contribution in [0.15, 0.2) is 58.1 Å². The molecule has 1 N–H and O–H groups in total. The number of aliphatic imine (C=N–C) groups is 1. The van der Waals surface area contributed by atoms with Gasteiger partial charge in [-0.2, -0.15) is 15.1 Å². The van der Waals surface area contributed by atoms with Gasteiger partial charge >= 0.3 is 0 Å². The van der Waals surface area contributed by atoms with E-state index in [9.17, 15) is 14.9 Å². The van der Waals surface area contributed by atoms with Crippen molar-refractivity contribution in [2.24, 2.45) is 10.1 Å². The lowest BCUT2D eigenvalue weighted by molar-refractivity contribution is -0.384. The predicted molar refractivity (Wildman–Crippen MR) is 116 cm³/mol. The lowest BCUT2D eigenvalue weighted by Gasteiger charge is -2.20. The highest BCUT2D eigenvalue weighted by molar-refractivity contribution is 8.25. The van der Waals surface area contributed by atoms with Gasteiger partial charge in [-0.3, -0.25) is 20.3 Å². The first kappa shape index (κ1) is 20.3. The van der Waals surface area contributed by atoms with E-state index < -0.39 is 10.8 Å². The molecule has 0 aliphatic carbocycles. The summed E-state index contributed by atoms with van der Waals surface area (Å²) in [5.74, 6) is 0.347. The number of nitro benzene ring substituents is 1. The van der Waals surface area contributed by atoms with Crippen LogP contribution in [-0.4, -0.2) is 39.5 Å². The average Bonchev–Trinajstić information content (AvgIpc) is 3.24. The second kappa shape index (κ2) is 8.40. The van der Waals surface area contributed by atoms with Crippen LogP contribution in [0.4, 0.5) is 5.69 Å². The van der Waals surface area contributed by atoms with Crippen molar-refractivity contribution in [3.63, 3.8) is 0 Å². The molecular weight excluding hydrogens is 422 g/mol. The Bertz CT molecular complexity index is 1170. The zero-order valence-corrected chi connectivity index (χ0v) is 17.0. The molecule has 2 aromatic rings. The Morgan fingerprint density at radius 1 is 1.23 bits per heavy atom. The van der Waals surface area contributed by atoms with Crippen molar-refractivity contribution in [2.75, 3.05) is 7.11 Å². The lowest BCUT2D eigenvalue weighted by atomic mass is 10.1. The van der Waals surface area contributed by atoms with Crippen molar-refractivity contribution < 1.29 is 19.2 Å².